The first-order valence-corrected chi connectivity index (χ1v) is 15.9. The number of hydrogen-bond donors (Lipinski definition) is 0. The molecule has 4 aliphatic rings. The van der Waals surface area contributed by atoms with Gasteiger partial charge in [-0.05, 0) is 130 Å². The van der Waals surface area contributed by atoms with Gasteiger partial charge in [0.25, 0.3) is 0 Å². The van der Waals surface area contributed by atoms with E-state index in [1.807, 2.05) is 0 Å². The number of fused-ring (bicyclic) bond motifs is 3. The summed E-state index contributed by atoms with van der Waals surface area (Å²) in [6, 6.07) is 25.3. The molecule has 0 N–H and O–H groups in total. The number of methoxy groups -OCH3 is 1. The van der Waals surface area contributed by atoms with E-state index in [1.54, 1.807) is 18.2 Å². The van der Waals surface area contributed by atoms with Crippen molar-refractivity contribution < 1.29 is 4.74 Å². The van der Waals surface area contributed by atoms with Crippen LogP contribution in [0.2, 0.25) is 0 Å². The molecular weight excluding hydrogens is 536 g/mol. The molecule has 3 aromatic carbocycles. The van der Waals surface area contributed by atoms with Gasteiger partial charge in [0.2, 0.25) is 0 Å². The van der Waals surface area contributed by atoms with Crippen molar-refractivity contribution in [2.75, 3.05) is 41.3 Å². The number of likely N-dealkylation sites (tertiary alicyclic amines) is 1. The molecular formula is C38H49ClN2O. The topological polar surface area (TPSA) is 15.7 Å². The highest BCUT2D eigenvalue weighted by Crippen LogP contribution is 2.55. The van der Waals surface area contributed by atoms with Crippen LogP contribution in [0.3, 0.4) is 0 Å². The lowest BCUT2D eigenvalue weighted by Gasteiger charge is -2.58. The average molecular weight is 585 g/mol. The molecule has 1 aliphatic heterocycles. The number of benzene rings is 3. The number of halogens is 1. The molecule has 4 heteroatoms. The van der Waals surface area contributed by atoms with E-state index in [2.05, 4.69) is 104 Å². The van der Waals surface area contributed by atoms with Crippen molar-refractivity contribution in [3.05, 3.63) is 106 Å². The highest BCUT2D eigenvalue weighted by Gasteiger charge is 2.53. The Hall–Kier alpha value is -2.59. The molecule has 3 atom stereocenters. The van der Waals surface area contributed by atoms with Gasteiger partial charge in [-0.15, -0.1) is 12.4 Å². The van der Waals surface area contributed by atoms with Crippen molar-refractivity contribution in [3.8, 4) is 5.75 Å². The Morgan fingerprint density at radius 2 is 1.60 bits per heavy atom. The first kappa shape index (κ1) is 30.9. The summed E-state index contributed by atoms with van der Waals surface area (Å²) in [6.45, 7) is 2.35. The Morgan fingerprint density at radius 3 is 2.26 bits per heavy atom. The molecule has 224 valence electrons. The zero-order valence-corrected chi connectivity index (χ0v) is 26.9. The number of aryl methyl sites for hydroxylation is 2. The smallest absolute Gasteiger partial charge is 0.119 e. The maximum absolute atomic E-state index is 5.51. The monoisotopic (exact) mass is 584 g/mol. The highest BCUT2D eigenvalue weighted by molar-refractivity contribution is 5.85. The molecule has 1 heterocycles. The molecule has 7 rings (SSSR count). The maximum atomic E-state index is 5.51. The molecule has 42 heavy (non-hydrogen) atoms. The summed E-state index contributed by atoms with van der Waals surface area (Å²) in [4.78, 5) is 4.87. The summed E-state index contributed by atoms with van der Waals surface area (Å²) < 4.78 is 5.51. The van der Waals surface area contributed by atoms with E-state index in [9.17, 15) is 0 Å². The van der Waals surface area contributed by atoms with Gasteiger partial charge in [0.15, 0.2) is 0 Å². The van der Waals surface area contributed by atoms with Crippen LogP contribution in [0.4, 0.5) is 0 Å². The third-order valence-electron chi connectivity index (χ3n) is 10.5. The Bertz CT molecular complexity index is 1350. The Balaban J connectivity index is 0.000000164. The minimum Gasteiger partial charge on any atom is -0.497 e. The lowest BCUT2D eigenvalue weighted by molar-refractivity contribution is 0.00274. The van der Waals surface area contributed by atoms with E-state index in [0.29, 0.717) is 5.41 Å². The van der Waals surface area contributed by atoms with E-state index in [4.69, 9.17) is 4.74 Å². The van der Waals surface area contributed by atoms with Gasteiger partial charge in [-0.2, -0.15) is 0 Å². The van der Waals surface area contributed by atoms with Crippen LogP contribution in [-0.2, 0) is 24.7 Å². The minimum atomic E-state index is 0. The first-order valence-electron chi connectivity index (χ1n) is 15.9. The van der Waals surface area contributed by atoms with E-state index in [-0.39, 0.29) is 12.4 Å². The number of piperidine rings is 1. The molecule has 0 radical (unpaired) electrons. The molecule has 3 nitrogen and oxygen atoms in total. The fraction of sp³-hybridized carbons (Fsp3) is 0.474. The van der Waals surface area contributed by atoms with Crippen molar-refractivity contribution in [2.24, 2.45) is 5.92 Å². The highest BCUT2D eigenvalue weighted by atomic mass is 35.5. The van der Waals surface area contributed by atoms with Gasteiger partial charge in [-0.3, -0.25) is 0 Å². The SMILES string of the molecule is CN(C)CCC=C1c2ccccc2CCc2ccccc21.COc1ccc2c(c1)[C@]13CCCC[C@@H]1[C@H](C2)N(C)CC3.Cl. The Labute approximate surface area is 260 Å². The molecule has 3 aliphatic carbocycles. The Kier molecular flexibility index (Phi) is 9.82. The molecule has 0 aromatic heterocycles. The molecule has 0 spiro atoms. The zero-order valence-electron chi connectivity index (χ0n) is 26.1. The van der Waals surface area contributed by atoms with Gasteiger partial charge >= 0.3 is 0 Å². The lowest BCUT2D eigenvalue weighted by Crippen LogP contribution is -2.59. The summed E-state index contributed by atoms with van der Waals surface area (Å²) in [5.41, 5.74) is 10.9. The maximum Gasteiger partial charge on any atom is 0.119 e. The standard InChI is InChI=1S/C20H23N.C18H25NO.ClH/c1-21(2)15-7-12-20-18-10-5-3-8-16(18)13-14-17-9-4-6-11-19(17)20;1-19-10-9-18-8-4-3-5-15(18)17(19)11-13-6-7-14(20-2)12-16(13)18;/h3-6,8-12H,7,13-15H2,1-2H3;6-7,12,15,17H,3-5,8-11H2,1-2H3;1H/t;15-,17+,18+;/m.1./s1. The molecule has 0 amide bonds. The van der Waals surface area contributed by atoms with Gasteiger partial charge in [0, 0.05) is 18.0 Å². The van der Waals surface area contributed by atoms with E-state index < -0.39 is 0 Å². The van der Waals surface area contributed by atoms with Crippen molar-refractivity contribution in [3.63, 3.8) is 0 Å². The fourth-order valence-electron chi connectivity index (χ4n) is 8.41. The van der Waals surface area contributed by atoms with Crippen LogP contribution >= 0.6 is 12.4 Å². The van der Waals surface area contributed by atoms with Crippen LogP contribution in [0, 0.1) is 5.92 Å². The van der Waals surface area contributed by atoms with E-state index in [1.165, 1.54) is 72.9 Å². The third kappa shape index (κ3) is 5.94. The largest absolute Gasteiger partial charge is 0.497 e. The molecule has 0 unspecified atom stereocenters. The number of rotatable bonds is 4. The summed E-state index contributed by atoms with van der Waals surface area (Å²) in [6.07, 6.45) is 14.0. The van der Waals surface area contributed by atoms with Crippen LogP contribution < -0.4 is 4.74 Å². The lowest BCUT2D eigenvalue weighted by atomic mass is 9.52. The van der Waals surface area contributed by atoms with E-state index in [0.717, 1.165) is 43.5 Å². The second-order valence-corrected chi connectivity index (χ2v) is 13.1. The van der Waals surface area contributed by atoms with Crippen molar-refractivity contribution >= 4 is 18.0 Å². The van der Waals surface area contributed by atoms with Crippen molar-refractivity contribution in [1.82, 2.24) is 9.80 Å². The summed E-state index contributed by atoms with van der Waals surface area (Å²) >= 11 is 0. The first-order chi connectivity index (χ1) is 20.0. The quantitative estimate of drug-likeness (QED) is 0.309. The minimum absolute atomic E-state index is 0. The number of nitrogens with zero attached hydrogens (tertiary/aromatic N) is 2. The molecule has 2 fully saturated rings. The average Bonchev–Trinajstić information content (AvgIpc) is 3.16. The second kappa shape index (κ2) is 13.4. The van der Waals surface area contributed by atoms with Crippen molar-refractivity contribution in [2.45, 2.75) is 69.2 Å². The summed E-state index contributed by atoms with van der Waals surface area (Å²) in [5, 5.41) is 0. The number of ether oxygens (including phenoxy) is 1. The molecule has 1 saturated heterocycles. The van der Waals surface area contributed by atoms with Gasteiger partial charge in [-0.25, -0.2) is 0 Å². The van der Waals surface area contributed by atoms with Gasteiger partial charge in [0.05, 0.1) is 7.11 Å². The number of hydrogen-bond acceptors (Lipinski definition) is 3. The van der Waals surface area contributed by atoms with Gasteiger partial charge < -0.3 is 14.5 Å². The zero-order chi connectivity index (χ0) is 28.4. The van der Waals surface area contributed by atoms with Crippen molar-refractivity contribution in [1.29, 1.82) is 0 Å². The second-order valence-electron chi connectivity index (χ2n) is 13.1. The fourth-order valence-corrected chi connectivity index (χ4v) is 8.41. The van der Waals surface area contributed by atoms with Crippen LogP contribution in [-0.4, -0.2) is 57.2 Å². The van der Waals surface area contributed by atoms with Crippen LogP contribution in [0.25, 0.3) is 5.57 Å². The van der Waals surface area contributed by atoms with Gasteiger partial charge in [-0.1, -0.05) is 73.5 Å². The van der Waals surface area contributed by atoms with Crippen LogP contribution in [0.1, 0.15) is 71.9 Å². The summed E-state index contributed by atoms with van der Waals surface area (Å²) in [5.74, 6) is 1.91. The molecule has 2 bridgehead atoms. The summed E-state index contributed by atoms with van der Waals surface area (Å²) in [7, 11) is 8.39. The van der Waals surface area contributed by atoms with Crippen LogP contribution in [0.15, 0.2) is 72.8 Å². The normalized spacial score (nSPS) is 24.0. The van der Waals surface area contributed by atoms with Crippen LogP contribution in [0.5, 0.6) is 5.75 Å². The molecule has 1 saturated carbocycles. The predicted octanol–water partition coefficient (Wildman–Crippen LogP) is 7.97. The predicted molar refractivity (Wildman–Crippen MR) is 179 cm³/mol. The third-order valence-corrected chi connectivity index (χ3v) is 10.5. The number of likely N-dealkylation sites (N-methyl/N-ethyl adjacent to an activating group) is 1. The van der Waals surface area contributed by atoms with E-state index >= 15 is 0 Å². The van der Waals surface area contributed by atoms with Gasteiger partial charge in [0.1, 0.15) is 5.75 Å². The molecule has 3 aromatic rings. The Morgan fingerprint density at radius 1 is 0.905 bits per heavy atom.